The third-order valence-electron chi connectivity index (χ3n) is 11.0. The molecule has 0 bridgehead atoms. The van der Waals surface area contributed by atoms with Gasteiger partial charge in [-0.25, -0.2) is 4.79 Å². The van der Waals surface area contributed by atoms with E-state index in [1.807, 2.05) is 37.4 Å². The molecule has 15 heteroatoms. The van der Waals surface area contributed by atoms with E-state index in [0.717, 1.165) is 56.7 Å². The topological polar surface area (TPSA) is 181 Å². The number of rotatable bonds is 23. The number of anilines is 2. The van der Waals surface area contributed by atoms with Crippen LogP contribution in [-0.2, 0) is 20.6 Å². The molecule has 15 nitrogen and oxygen atoms in total. The van der Waals surface area contributed by atoms with E-state index in [0.29, 0.717) is 35.7 Å². The molecule has 1 aliphatic rings. The Morgan fingerprint density at radius 3 is 2.35 bits per heavy atom. The normalized spacial score (nSPS) is 13.8. The summed E-state index contributed by atoms with van der Waals surface area (Å²) in [5, 5.41) is 8.76. The highest BCUT2D eigenvalue weighted by atomic mass is 16.6. The lowest BCUT2D eigenvalue weighted by Crippen LogP contribution is -2.43. The summed E-state index contributed by atoms with van der Waals surface area (Å²) in [6, 6.07) is 23.1. The van der Waals surface area contributed by atoms with E-state index < -0.39 is 24.1 Å². The van der Waals surface area contributed by atoms with Gasteiger partial charge in [-0.1, -0.05) is 37.3 Å². The summed E-state index contributed by atoms with van der Waals surface area (Å²) in [4.78, 5) is 63.2. The van der Waals surface area contributed by atoms with Crippen molar-refractivity contribution >= 4 is 35.1 Å². The number of urea groups is 1. The number of aromatic nitrogens is 1. The number of likely N-dealkylation sites (N-methyl/N-ethyl adjacent to an activating group) is 2. The van der Waals surface area contributed by atoms with E-state index in [9.17, 15) is 19.2 Å². The number of aryl methyl sites for hydroxylation is 1. The van der Waals surface area contributed by atoms with Crippen molar-refractivity contribution in [3.8, 4) is 11.3 Å². The predicted octanol–water partition coefficient (Wildman–Crippen LogP) is 5.72. The second kappa shape index (κ2) is 23.9. The number of hydrogen-bond donors (Lipinski definition) is 4. The molecule has 0 aliphatic heterocycles. The molecule has 3 aromatic carbocycles. The molecular formula is C47H62N8O7. The molecule has 0 radical (unpaired) electrons. The Bertz CT molecular complexity index is 2110. The molecule has 4 aromatic rings. The first-order valence-electron chi connectivity index (χ1n) is 21.4. The maximum atomic E-state index is 14.0. The molecule has 2 atom stereocenters. The van der Waals surface area contributed by atoms with Crippen LogP contribution in [0.2, 0.25) is 0 Å². The number of carbonyl (C=O) groups excluding carboxylic acids is 4. The molecule has 0 spiro atoms. The number of carbonyl (C=O) groups is 4. The number of fused-ring (bicyclic) bond motifs is 1. The van der Waals surface area contributed by atoms with Crippen LogP contribution in [0.4, 0.5) is 16.2 Å². The van der Waals surface area contributed by atoms with Crippen LogP contribution >= 0.6 is 0 Å². The number of nitrogens with zero attached hydrogens (tertiary/aromatic N) is 4. The lowest BCUT2D eigenvalue weighted by molar-refractivity contribution is -0.0852. The number of amides is 5. The van der Waals surface area contributed by atoms with E-state index in [1.165, 1.54) is 16.5 Å². The molecule has 5 rings (SSSR count). The zero-order valence-corrected chi connectivity index (χ0v) is 36.7. The molecule has 1 aliphatic carbocycles. The highest BCUT2D eigenvalue weighted by Crippen LogP contribution is 2.33. The number of benzene rings is 3. The molecule has 2 unspecified atom stereocenters. The summed E-state index contributed by atoms with van der Waals surface area (Å²) in [6.45, 7) is 11.0. The SMILES string of the molecule is CCN(C)CCOCCOCC(OCCNC(N)=O)N(C)C(=O)c1cccc(C(=O)Nc2ccc(N(CC)CC)cc2-c2cc(C(=O)NC3CCCc4ccccc43)ccn2)c1. The predicted molar refractivity (Wildman–Crippen MR) is 241 cm³/mol. The number of ether oxygens (including phenoxy) is 3. The lowest BCUT2D eigenvalue weighted by atomic mass is 9.87. The van der Waals surface area contributed by atoms with Crippen molar-refractivity contribution in [3.05, 3.63) is 113 Å². The smallest absolute Gasteiger partial charge is 0.312 e. The molecule has 0 saturated carbocycles. The first-order chi connectivity index (χ1) is 30.0. The highest BCUT2D eigenvalue weighted by Gasteiger charge is 2.25. The minimum absolute atomic E-state index is 0.0366. The summed E-state index contributed by atoms with van der Waals surface area (Å²) < 4.78 is 17.4. The first-order valence-corrected chi connectivity index (χ1v) is 21.4. The van der Waals surface area contributed by atoms with Crippen LogP contribution in [0.15, 0.2) is 85.1 Å². The van der Waals surface area contributed by atoms with E-state index in [1.54, 1.807) is 43.6 Å². The summed E-state index contributed by atoms with van der Waals surface area (Å²) in [7, 11) is 3.60. The first kappa shape index (κ1) is 47.2. The molecule has 1 heterocycles. The Kier molecular flexibility index (Phi) is 18.2. The van der Waals surface area contributed by atoms with Crippen molar-refractivity contribution in [1.82, 2.24) is 25.4 Å². The average Bonchev–Trinajstić information content (AvgIpc) is 3.29. The fourth-order valence-corrected chi connectivity index (χ4v) is 7.25. The fraction of sp³-hybridized carbons (Fsp3) is 0.426. The van der Waals surface area contributed by atoms with Gasteiger partial charge in [0.15, 0.2) is 6.23 Å². The Morgan fingerprint density at radius 1 is 0.823 bits per heavy atom. The Morgan fingerprint density at radius 2 is 1.58 bits per heavy atom. The maximum absolute atomic E-state index is 14.0. The van der Waals surface area contributed by atoms with Gasteiger partial charge in [0.2, 0.25) is 0 Å². The van der Waals surface area contributed by atoms with Crippen LogP contribution in [0.1, 0.15) is 81.9 Å². The molecule has 62 heavy (non-hydrogen) atoms. The molecule has 332 valence electrons. The quantitative estimate of drug-likeness (QED) is 0.0533. The highest BCUT2D eigenvalue weighted by molar-refractivity contribution is 6.08. The maximum Gasteiger partial charge on any atom is 0.312 e. The van der Waals surface area contributed by atoms with Crippen LogP contribution < -0.4 is 26.6 Å². The molecular weight excluding hydrogens is 789 g/mol. The second-order valence-electron chi connectivity index (χ2n) is 15.1. The van der Waals surface area contributed by atoms with Gasteiger partial charge in [0.25, 0.3) is 17.7 Å². The van der Waals surface area contributed by atoms with E-state index in [4.69, 9.17) is 19.9 Å². The van der Waals surface area contributed by atoms with Gasteiger partial charge >= 0.3 is 6.03 Å². The minimum atomic E-state index is -0.823. The zero-order valence-electron chi connectivity index (χ0n) is 36.7. The Balaban J connectivity index is 1.32. The van der Waals surface area contributed by atoms with E-state index >= 15 is 0 Å². The number of nitrogens with two attached hydrogens (primary N) is 1. The fourth-order valence-electron chi connectivity index (χ4n) is 7.25. The van der Waals surface area contributed by atoms with Gasteiger partial charge in [-0.15, -0.1) is 0 Å². The van der Waals surface area contributed by atoms with Crippen molar-refractivity contribution < 1.29 is 33.4 Å². The van der Waals surface area contributed by atoms with Crippen molar-refractivity contribution in [3.63, 3.8) is 0 Å². The lowest BCUT2D eigenvalue weighted by Gasteiger charge is -2.28. The van der Waals surface area contributed by atoms with Gasteiger partial charge in [0, 0.05) is 67.4 Å². The van der Waals surface area contributed by atoms with Crippen molar-refractivity contribution in [2.45, 2.75) is 52.3 Å². The van der Waals surface area contributed by atoms with Gasteiger partial charge in [0.1, 0.15) is 0 Å². The van der Waals surface area contributed by atoms with Crippen LogP contribution in [0.3, 0.4) is 0 Å². The largest absolute Gasteiger partial charge is 0.378 e. The molecule has 5 amide bonds. The number of hydrogen-bond acceptors (Lipinski definition) is 10. The standard InChI is InChI=1S/C47H62N8O7/c1-6-53(4)24-26-60-27-28-61-32-43(62-25-23-50-47(48)59)54(5)46(58)36-16-11-15-34(29-36)44(56)52-41-20-19-37(55(7-2)8-3)31-39(41)42-30-35(21-22-49-42)45(57)51-40-18-12-14-33-13-9-10-17-38(33)40/h9-11,13,15-17,19-22,29-31,40,43H,6-8,12,14,18,23-28,32H2,1-5H3,(H,51,57)(H,52,56)(H3,48,50,59). The second-order valence-corrected chi connectivity index (χ2v) is 15.1. The summed E-state index contributed by atoms with van der Waals surface area (Å²) in [5.41, 5.74) is 11.2. The monoisotopic (exact) mass is 850 g/mol. The van der Waals surface area contributed by atoms with Crippen LogP contribution in [0, 0.1) is 0 Å². The van der Waals surface area contributed by atoms with Crippen molar-refractivity contribution in [1.29, 1.82) is 0 Å². The number of primary amides is 1. The van der Waals surface area contributed by atoms with Crippen LogP contribution in [0.5, 0.6) is 0 Å². The average molecular weight is 851 g/mol. The van der Waals surface area contributed by atoms with Gasteiger partial charge in [-0.2, -0.15) is 0 Å². The van der Waals surface area contributed by atoms with Crippen molar-refractivity contribution in [2.24, 2.45) is 5.73 Å². The van der Waals surface area contributed by atoms with Crippen molar-refractivity contribution in [2.75, 3.05) is 90.1 Å². The summed E-state index contributed by atoms with van der Waals surface area (Å²) in [5.74, 6) is -1.05. The molecule has 5 N–H and O–H groups in total. The van der Waals surface area contributed by atoms with Crippen LogP contribution in [-0.4, -0.2) is 125 Å². The van der Waals surface area contributed by atoms with Gasteiger partial charge in [-0.05, 0) is 106 Å². The molecule has 1 aromatic heterocycles. The van der Waals surface area contributed by atoms with E-state index in [-0.39, 0.29) is 49.4 Å². The van der Waals surface area contributed by atoms with Crippen LogP contribution in [0.25, 0.3) is 11.3 Å². The van der Waals surface area contributed by atoms with Gasteiger partial charge < -0.3 is 50.6 Å². The summed E-state index contributed by atoms with van der Waals surface area (Å²) >= 11 is 0. The minimum Gasteiger partial charge on any atom is -0.378 e. The summed E-state index contributed by atoms with van der Waals surface area (Å²) in [6.07, 6.45) is 3.64. The Hall–Kier alpha value is -5.87. The van der Waals surface area contributed by atoms with E-state index in [2.05, 4.69) is 63.6 Å². The Labute approximate surface area is 365 Å². The molecule has 0 fully saturated rings. The number of pyridine rings is 1. The zero-order chi connectivity index (χ0) is 44.4. The third-order valence-corrected chi connectivity index (χ3v) is 11.0. The van der Waals surface area contributed by atoms with Gasteiger partial charge in [-0.3, -0.25) is 19.4 Å². The number of nitrogens with one attached hydrogen (secondary N) is 3. The third kappa shape index (κ3) is 13.3. The van der Waals surface area contributed by atoms with Gasteiger partial charge in [0.05, 0.1) is 50.5 Å². The molecule has 0 saturated heterocycles.